The van der Waals surface area contributed by atoms with E-state index in [1.165, 1.54) is 11.6 Å². The van der Waals surface area contributed by atoms with Crippen molar-refractivity contribution >= 4 is 5.97 Å². The Kier molecular flexibility index (Phi) is 6.30. The highest BCUT2D eigenvalue weighted by Crippen LogP contribution is 2.12. The molecule has 104 valence electrons. The number of hydrogen-bond acceptors (Lipinski definition) is 2. The number of ether oxygens (including phenoxy) is 1. The number of carbonyl (C=O) groups is 1. The summed E-state index contributed by atoms with van der Waals surface area (Å²) in [5, 5.41) is 0. The van der Waals surface area contributed by atoms with Gasteiger partial charge in [-0.25, -0.2) is 4.79 Å². The summed E-state index contributed by atoms with van der Waals surface area (Å²) in [6.45, 7) is 9.10. The van der Waals surface area contributed by atoms with Gasteiger partial charge in [-0.3, -0.25) is 0 Å². The van der Waals surface area contributed by atoms with Crippen LogP contribution < -0.4 is 0 Å². The zero-order chi connectivity index (χ0) is 14.1. The molecule has 1 rings (SSSR count). The minimum absolute atomic E-state index is 0.339. The molecule has 0 aromatic heterocycles. The molecule has 0 aliphatic heterocycles. The Balaban J connectivity index is 2.42. The van der Waals surface area contributed by atoms with Crippen molar-refractivity contribution in [2.45, 2.75) is 19.9 Å². The van der Waals surface area contributed by atoms with Gasteiger partial charge < -0.3 is 9.22 Å². The largest absolute Gasteiger partial charge is 0.462 e. The van der Waals surface area contributed by atoms with E-state index in [0.717, 1.165) is 30.5 Å². The summed E-state index contributed by atoms with van der Waals surface area (Å²) in [6, 6.07) is 10.5. The minimum atomic E-state index is -0.339. The summed E-state index contributed by atoms with van der Waals surface area (Å²) in [7, 11) is 2.24. The number of hydrogen-bond donors (Lipinski definition) is 0. The molecule has 1 unspecified atom stereocenters. The van der Waals surface area contributed by atoms with E-state index in [1.807, 2.05) is 6.07 Å². The third-order valence-corrected chi connectivity index (χ3v) is 3.42. The fourth-order valence-corrected chi connectivity index (χ4v) is 2.05. The van der Waals surface area contributed by atoms with E-state index in [9.17, 15) is 4.79 Å². The molecule has 3 nitrogen and oxygen atoms in total. The fourth-order valence-electron chi connectivity index (χ4n) is 2.05. The molecule has 0 amide bonds. The smallest absolute Gasteiger partial charge is 0.330 e. The second-order valence-electron chi connectivity index (χ2n) is 5.03. The van der Waals surface area contributed by atoms with Crippen molar-refractivity contribution in [2.75, 3.05) is 26.7 Å². The predicted octanol–water partition coefficient (Wildman–Crippen LogP) is 2.77. The van der Waals surface area contributed by atoms with E-state index in [-0.39, 0.29) is 5.97 Å². The highest BCUT2D eigenvalue weighted by atomic mass is 16.5. The average molecular weight is 262 g/mol. The van der Waals surface area contributed by atoms with Crippen LogP contribution in [-0.4, -0.2) is 37.2 Å². The topological polar surface area (TPSA) is 26.3 Å². The van der Waals surface area contributed by atoms with Crippen LogP contribution in [0.5, 0.6) is 0 Å². The van der Waals surface area contributed by atoms with Gasteiger partial charge in [0.05, 0.1) is 26.7 Å². The first kappa shape index (κ1) is 15.4. The third-order valence-electron chi connectivity index (χ3n) is 3.42. The molecule has 0 bridgehead atoms. The van der Waals surface area contributed by atoms with Gasteiger partial charge in [0, 0.05) is 18.1 Å². The Labute approximate surface area is 116 Å². The van der Waals surface area contributed by atoms with E-state index in [2.05, 4.69) is 44.8 Å². The predicted molar refractivity (Wildman–Crippen MR) is 77.5 cm³/mol. The van der Waals surface area contributed by atoms with Crippen molar-refractivity contribution in [3.63, 3.8) is 0 Å². The van der Waals surface area contributed by atoms with Crippen molar-refractivity contribution < 1.29 is 14.0 Å². The van der Waals surface area contributed by atoms with Gasteiger partial charge in [0.15, 0.2) is 0 Å². The summed E-state index contributed by atoms with van der Waals surface area (Å²) >= 11 is 0. The Bertz CT molecular complexity index is 402. The molecule has 1 aromatic carbocycles. The zero-order valence-corrected chi connectivity index (χ0v) is 12.0. The summed E-state index contributed by atoms with van der Waals surface area (Å²) in [4.78, 5) is 11.0. The summed E-state index contributed by atoms with van der Waals surface area (Å²) in [5.41, 5.74) is 1.34. The quantitative estimate of drug-likeness (QED) is 0.312. The SMILES string of the molecule is C=CC(=O)OCCC[N+](C)(CC)Cc1ccccc1. The number of esters is 1. The summed E-state index contributed by atoms with van der Waals surface area (Å²) in [6.07, 6.45) is 2.08. The lowest BCUT2D eigenvalue weighted by Crippen LogP contribution is -2.44. The van der Waals surface area contributed by atoms with E-state index in [0.29, 0.717) is 6.61 Å². The van der Waals surface area contributed by atoms with Gasteiger partial charge in [0.25, 0.3) is 0 Å². The van der Waals surface area contributed by atoms with Crippen molar-refractivity contribution in [2.24, 2.45) is 0 Å². The monoisotopic (exact) mass is 262 g/mol. The summed E-state index contributed by atoms with van der Waals surface area (Å²) in [5.74, 6) is -0.339. The molecule has 0 N–H and O–H groups in total. The van der Waals surface area contributed by atoms with Crippen LogP contribution in [0.2, 0.25) is 0 Å². The molecule has 0 spiro atoms. The molecule has 0 fully saturated rings. The van der Waals surface area contributed by atoms with Gasteiger partial charge in [-0.1, -0.05) is 36.9 Å². The van der Waals surface area contributed by atoms with Gasteiger partial charge in [0.1, 0.15) is 6.54 Å². The molecule has 0 aliphatic rings. The second kappa shape index (κ2) is 7.74. The highest BCUT2D eigenvalue weighted by molar-refractivity contribution is 5.81. The van der Waals surface area contributed by atoms with Crippen molar-refractivity contribution in [3.05, 3.63) is 48.6 Å². The minimum Gasteiger partial charge on any atom is -0.462 e. The van der Waals surface area contributed by atoms with E-state index >= 15 is 0 Å². The third kappa shape index (κ3) is 5.71. The van der Waals surface area contributed by atoms with Gasteiger partial charge in [-0.15, -0.1) is 0 Å². The highest BCUT2D eigenvalue weighted by Gasteiger charge is 2.19. The van der Waals surface area contributed by atoms with Gasteiger partial charge in [-0.2, -0.15) is 0 Å². The molecule has 0 aliphatic carbocycles. The number of benzene rings is 1. The lowest BCUT2D eigenvalue weighted by atomic mass is 10.2. The molecule has 1 aromatic rings. The van der Waals surface area contributed by atoms with Crippen LogP contribution in [0.3, 0.4) is 0 Å². The molecule has 0 heterocycles. The van der Waals surface area contributed by atoms with Crippen LogP contribution in [0.25, 0.3) is 0 Å². The van der Waals surface area contributed by atoms with Crippen molar-refractivity contribution in [3.8, 4) is 0 Å². The van der Waals surface area contributed by atoms with Crippen LogP contribution in [0.15, 0.2) is 43.0 Å². The molecular weight excluding hydrogens is 238 g/mol. The van der Waals surface area contributed by atoms with Crippen LogP contribution in [0.4, 0.5) is 0 Å². The molecule has 0 saturated heterocycles. The fraction of sp³-hybridized carbons (Fsp3) is 0.438. The Hall–Kier alpha value is -1.61. The van der Waals surface area contributed by atoms with E-state index in [4.69, 9.17) is 4.74 Å². The second-order valence-corrected chi connectivity index (χ2v) is 5.03. The lowest BCUT2D eigenvalue weighted by molar-refractivity contribution is -0.921. The molecule has 1 atom stereocenters. The van der Waals surface area contributed by atoms with Gasteiger partial charge >= 0.3 is 5.97 Å². The molecule has 0 radical (unpaired) electrons. The van der Waals surface area contributed by atoms with Crippen LogP contribution in [0, 0.1) is 0 Å². The van der Waals surface area contributed by atoms with Crippen molar-refractivity contribution in [1.29, 1.82) is 0 Å². The Morgan fingerprint density at radius 3 is 2.63 bits per heavy atom. The lowest BCUT2D eigenvalue weighted by Gasteiger charge is -2.33. The first-order valence-electron chi connectivity index (χ1n) is 6.76. The molecule has 19 heavy (non-hydrogen) atoms. The first-order valence-corrected chi connectivity index (χ1v) is 6.76. The number of quaternary nitrogens is 1. The van der Waals surface area contributed by atoms with Crippen molar-refractivity contribution in [1.82, 2.24) is 0 Å². The molecule has 0 saturated carbocycles. The van der Waals surface area contributed by atoms with Gasteiger partial charge in [-0.05, 0) is 6.92 Å². The maximum Gasteiger partial charge on any atom is 0.330 e. The Morgan fingerprint density at radius 1 is 1.37 bits per heavy atom. The average Bonchev–Trinajstić information content (AvgIpc) is 2.44. The van der Waals surface area contributed by atoms with E-state index in [1.54, 1.807) is 0 Å². The first-order chi connectivity index (χ1) is 9.09. The van der Waals surface area contributed by atoms with E-state index < -0.39 is 0 Å². The number of carbonyl (C=O) groups excluding carboxylic acids is 1. The maximum absolute atomic E-state index is 11.0. The standard InChI is InChI=1S/C16H24NO2/c1-4-16(18)19-13-9-12-17(3,5-2)14-15-10-7-6-8-11-15/h4,6-8,10-11H,1,5,9,12-14H2,2-3H3/q+1. The zero-order valence-electron chi connectivity index (χ0n) is 12.0. The number of rotatable bonds is 8. The maximum atomic E-state index is 11.0. The molecule has 3 heteroatoms. The van der Waals surface area contributed by atoms with Crippen LogP contribution in [-0.2, 0) is 16.1 Å². The normalized spacial score (nSPS) is 13.6. The Morgan fingerprint density at radius 2 is 2.05 bits per heavy atom. The molecular formula is C16H24NO2+. The van der Waals surface area contributed by atoms with Crippen LogP contribution >= 0.6 is 0 Å². The number of nitrogens with zero attached hydrogens (tertiary/aromatic N) is 1. The van der Waals surface area contributed by atoms with Gasteiger partial charge in [0.2, 0.25) is 0 Å². The van der Waals surface area contributed by atoms with Crippen LogP contribution in [0.1, 0.15) is 18.9 Å². The summed E-state index contributed by atoms with van der Waals surface area (Å²) < 4.78 is 5.97.